The van der Waals surface area contributed by atoms with Crippen molar-refractivity contribution in [1.29, 1.82) is 0 Å². The van der Waals surface area contributed by atoms with Crippen LogP contribution in [0.5, 0.6) is 0 Å². The SMILES string of the molecule is CCCN(CCN(C)C)c1nnc(C)c(C)c1C(N)=NO. The Bertz CT molecular complexity index is 500. The molecule has 0 aliphatic carbocycles. The topological polar surface area (TPSA) is 90.9 Å². The fourth-order valence-corrected chi connectivity index (χ4v) is 2.09. The van der Waals surface area contributed by atoms with Gasteiger partial charge in [0.1, 0.15) is 0 Å². The van der Waals surface area contributed by atoms with E-state index in [-0.39, 0.29) is 5.84 Å². The standard InChI is InChI=1S/C14H26N6O/c1-6-7-20(9-8-19(4)5)14-12(13(15)18-21)10(2)11(3)16-17-14/h21H,6-9H2,1-5H3,(H2,15,18). The van der Waals surface area contributed by atoms with Gasteiger partial charge >= 0.3 is 0 Å². The highest BCUT2D eigenvalue weighted by molar-refractivity contribution is 6.02. The third-order valence-electron chi connectivity index (χ3n) is 3.41. The molecule has 1 rings (SSSR count). The van der Waals surface area contributed by atoms with Gasteiger partial charge in [0.2, 0.25) is 0 Å². The molecular weight excluding hydrogens is 268 g/mol. The van der Waals surface area contributed by atoms with Crippen molar-refractivity contribution in [2.24, 2.45) is 10.9 Å². The van der Waals surface area contributed by atoms with Crippen LogP contribution in [0.1, 0.15) is 30.2 Å². The molecule has 0 saturated heterocycles. The summed E-state index contributed by atoms with van der Waals surface area (Å²) in [5, 5.41) is 20.7. The Kier molecular flexibility index (Phi) is 6.36. The Labute approximate surface area is 126 Å². The van der Waals surface area contributed by atoms with Crippen LogP contribution in [-0.4, -0.2) is 59.9 Å². The summed E-state index contributed by atoms with van der Waals surface area (Å²) >= 11 is 0. The average molecular weight is 294 g/mol. The highest BCUT2D eigenvalue weighted by Crippen LogP contribution is 2.22. The highest BCUT2D eigenvalue weighted by atomic mass is 16.4. The predicted molar refractivity (Wildman–Crippen MR) is 85.1 cm³/mol. The summed E-state index contributed by atoms with van der Waals surface area (Å²) in [6.07, 6.45) is 0.984. The first kappa shape index (κ1) is 17.2. The number of hydrogen-bond acceptors (Lipinski definition) is 6. The van der Waals surface area contributed by atoms with Gasteiger partial charge in [-0.3, -0.25) is 0 Å². The van der Waals surface area contributed by atoms with Gasteiger partial charge in [-0.25, -0.2) is 0 Å². The smallest absolute Gasteiger partial charge is 0.174 e. The summed E-state index contributed by atoms with van der Waals surface area (Å²) in [6.45, 7) is 8.44. The maximum atomic E-state index is 9.05. The van der Waals surface area contributed by atoms with Gasteiger partial charge in [0.15, 0.2) is 11.7 Å². The zero-order valence-corrected chi connectivity index (χ0v) is 13.6. The molecule has 0 amide bonds. The molecule has 0 bridgehead atoms. The van der Waals surface area contributed by atoms with E-state index < -0.39 is 0 Å². The molecule has 1 heterocycles. The number of oxime groups is 1. The summed E-state index contributed by atoms with van der Waals surface area (Å²) in [5.74, 6) is 0.753. The van der Waals surface area contributed by atoms with E-state index in [1.165, 1.54) is 0 Å². The lowest BCUT2D eigenvalue weighted by Crippen LogP contribution is -2.35. The van der Waals surface area contributed by atoms with Crippen LogP contribution in [0.2, 0.25) is 0 Å². The maximum absolute atomic E-state index is 9.05. The summed E-state index contributed by atoms with van der Waals surface area (Å²) in [5.41, 5.74) is 8.19. The largest absolute Gasteiger partial charge is 0.409 e. The summed E-state index contributed by atoms with van der Waals surface area (Å²) in [7, 11) is 4.06. The second-order valence-electron chi connectivity index (χ2n) is 5.38. The number of anilines is 1. The number of aromatic nitrogens is 2. The molecule has 0 aliphatic rings. The number of aryl methyl sites for hydroxylation is 1. The predicted octanol–water partition coefficient (Wildman–Crippen LogP) is 0.966. The van der Waals surface area contributed by atoms with Gasteiger partial charge in [-0.05, 0) is 39.9 Å². The van der Waals surface area contributed by atoms with E-state index in [0.717, 1.165) is 37.3 Å². The van der Waals surface area contributed by atoms with Crippen LogP contribution >= 0.6 is 0 Å². The van der Waals surface area contributed by atoms with Gasteiger partial charge in [-0.1, -0.05) is 12.1 Å². The van der Waals surface area contributed by atoms with Crippen molar-refractivity contribution in [1.82, 2.24) is 15.1 Å². The fourth-order valence-electron chi connectivity index (χ4n) is 2.09. The summed E-state index contributed by atoms with van der Waals surface area (Å²) in [6, 6.07) is 0. The van der Waals surface area contributed by atoms with E-state index in [0.29, 0.717) is 11.4 Å². The van der Waals surface area contributed by atoms with Crippen LogP contribution in [-0.2, 0) is 0 Å². The number of hydrogen-bond donors (Lipinski definition) is 2. The van der Waals surface area contributed by atoms with Crippen molar-refractivity contribution in [2.45, 2.75) is 27.2 Å². The first-order valence-electron chi connectivity index (χ1n) is 7.13. The molecule has 0 aliphatic heterocycles. The van der Waals surface area contributed by atoms with Crippen molar-refractivity contribution >= 4 is 11.7 Å². The molecule has 0 unspecified atom stereocenters. The van der Waals surface area contributed by atoms with Gasteiger partial charge in [0.25, 0.3) is 0 Å². The van der Waals surface area contributed by atoms with Crippen molar-refractivity contribution < 1.29 is 5.21 Å². The molecule has 0 saturated carbocycles. The molecule has 0 spiro atoms. The number of rotatable bonds is 7. The molecular formula is C14H26N6O. The van der Waals surface area contributed by atoms with E-state index >= 15 is 0 Å². The van der Waals surface area contributed by atoms with Crippen LogP contribution in [0.15, 0.2) is 5.16 Å². The average Bonchev–Trinajstić information content (AvgIpc) is 2.45. The fraction of sp³-hybridized carbons (Fsp3) is 0.643. The Morgan fingerprint density at radius 1 is 1.19 bits per heavy atom. The van der Waals surface area contributed by atoms with Gasteiger partial charge < -0.3 is 20.7 Å². The first-order valence-corrected chi connectivity index (χ1v) is 7.13. The van der Waals surface area contributed by atoms with Crippen LogP contribution in [0.3, 0.4) is 0 Å². The minimum atomic E-state index is 0.0754. The number of likely N-dealkylation sites (N-methyl/N-ethyl adjacent to an activating group) is 1. The zero-order valence-electron chi connectivity index (χ0n) is 13.6. The van der Waals surface area contributed by atoms with Crippen LogP contribution in [0.25, 0.3) is 0 Å². The van der Waals surface area contributed by atoms with E-state index in [9.17, 15) is 0 Å². The van der Waals surface area contributed by atoms with Gasteiger partial charge in [0, 0.05) is 19.6 Å². The second-order valence-corrected chi connectivity index (χ2v) is 5.38. The number of nitrogens with two attached hydrogens (primary N) is 1. The van der Waals surface area contributed by atoms with E-state index in [2.05, 4.69) is 32.1 Å². The molecule has 3 N–H and O–H groups in total. The molecule has 7 nitrogen and oxygen atoms in total. The maximum Gasteiger partial charge on any atom is 0.174 e. The Hall–Kier alpha value is -1.89. The minimum Gasteiger partial charge on any atom is -0.409 e. The molecule has 7 heteroatoms. The van der Waals surface area contributed by atoms with Crippen molar-refractivity contribution in [3.63, 3.8) is 0 Å². The van der Waals surface area contributed by atoms with Crippen LogP contribution in [0.4, 0.5) is 5.82 Å². The molecule has 0 atom stereocenters. The quantitative estimate of drug-likeness (QED) is 0.337. The molecule has 0 radical (unpaired) electrons. The van der Waals surface area contributed by atoms with E-state index in [1.807, 2.05) is 27.9 Å². The normalized spacial score (nSPS) is 12.0. The first-order chi connectivity index (χ1) is 9.92. The third kappa shape index (κ3) is 4.29. The highest BCUT2D eigenvalue weighted by Gasteiger charge is 2.20. The summed E-state index contributed by atoms with van der Waals surface area (Å²) in [4.78, 5) is 4.24. The summed E-state index contributed by atoms with van der Waals surface area (Å²) < 4.78 is 0. The Morgan fingerprint density at radius 3 is 2.38 bits per heavy atom. The zero-order chi connectivity index (χ0) is 16.0. The number of amidine groups is 1. The molecule has 1 aromatic heterocycles. The van der Waals surface area contributed by atoms with Crippen molar-refractivity contribution in [2.75, 3.05) is 38.6 Å². The number of nitrogens with zero attached hydrogens (tertiary/aromatic N) is 5. The Morgan fingerprint density at radius 2 is 1.86 bits per heavy atom. The molecule has 118 valence electrons. The third-order valence-corrected chi connectivity index (χ3v) is 3.41. The molecule has 0 fully saturated rings. The van der Waals surface area contributed by atoms with Gasteiger partial charge in [0.05, 0.1) is 11.3 Å². The van der Waals surface area contributed by atoms with Crippen molar-refractivity contribution in [3.05, 3.63) is 16.8 Å². The van der Waals surface area contributed by atoms with E-state index in [4.69, 9.17) is 10.9 Å². The van der Waals surface area contributed by atoms with Crippen molar-refractivity contribution in [3.8, 4) is 0 Å². The lowest BCUT2D eigenvalue weighted by atomic mass is 10.1. The molecule has 21 heavy (non-hydrogen) atoms. The minimum absolute atomic E-state index is 0.0754. The molecule has 0 aromatic carbocycles. The monoisotopic (exact) mass is 294 g/mol. The lowest BCUT2D eigenvalue weighted by Gasteiger charge is -2.27. The van der Waals surface area contributed by atoms with Gasteiger partial charge in [-0.2, -0.15) is 5.10 Å². The van der Waals surface area contributed by atoms with Crippen LogP contribution < -0.4 is 10.6 Å². The Balaban J connectivity index is 3.26. The molecule has 1 aromatic rings. The second kappa shape index (κ2) is 7.78. The van der Waals surface area contributed by atoms with Gasteiger partial charge in [-0.15, -0.1) is 5.10 Å². The lowest BCUT2D eigenvalue weighted by molar-refractivity contribution is 0.318. The van der Waals surface area contributed by atoms with E-state index in [1.54, 1.807) is 0 Å². The van der Waals surface area contributed by atoms with Crippen LogP contribution in [0, 0.1) is 13.8 Å².